The van der Waals surface area contributed by atoms with E-state index >= 15 is 0 Å². The first-order chi connectivity index (χ1) is 5.18. The predicted octanol–water partition coefficient (Wildman–Crippen LogP) is 1.55. The van der Waals surface area contributed by atoms with E-state index in [0.29, 0.717) is 6.04 Å². The first-order valence-electron chi connectivity index (χ1n) is 3.85. The normalized spacial score (nSPS) is 11.4. The highest BCUT2D eigenvalue weighted by molar-refractivity contribution is 5.85. The van der Waals surface area contributed by atoms with E-state index in [2.05, 4.69) is 41.9 Å². The fourth-order valence-corrected chi connectivity index (χ4v) is 0.630. The van der Waals surface area contributed by atoms with Crippen LogP contribution in [0.15, 0.2) is 9.98 Å². The van der Waals surface area contributed by atoms with Gasteiger partial charge >= 0.3 is 0 Å². The molecule has 0 spiro atoms. The van der Waals surface area contributed by atoms with Gasteiger partial charge in [-0.15, -0.1) is 12.4 Å². The van der Waals surface area contributed by atoms with Gasteiger partial charge in [-0.25, -0.2) is 9.98 Å². The molecule has 1 atom stereocenters. The van der Waals surface area contributed by atoms with Gasteiger partial charge in [0.25, 0.3) is 0 Å². The minimum absolute atomic E-state index is 0. The molecule has 0 aliphatic carbocycles. The number of hydrogen-bond acceptors (Lipinski definition) is 3. The second-order valence-electron chi connectivity index (χ2n) is 2.81. The van der Waals surface area contributed by atoms with E-state index in [1.165, 1.54) is 0 Å². The molecule has 0 aromatic heterocycles. The van der Waals surface area contributed by atoms with Gasteiger partial charge in [0.15, 0.2) is 0 Å². The Labute approximate surface area is 81.0 Å². The fourth-order valence-electron chi connectivity index (χ4n) is 0.630. The van der Waals surface area contributed by atoms with E-state index in [1.807, 2.05) is 0 Å². The Balaban J connectivity index is 0. The van der Waals surface area contributed by atoms with Crippen molar-refractivity contribution in [1.82, 2.24) is 4.90 Å². The van der Waals surface area contributed by atoms with E-state index in [0.717, 1.165) is 13.0 Å². The van der Waals surface area contributed by atoms with E-state index < -0.39 is 0 Å². The average Bonchev–Trinajstić information content (AvgIpc) is 1.97. The summed E-state index contributed by atoms with van der Waals surface area (Å²) in [6.07, 6.45) is 1.06. The summed E-state index contributed by atoms with van der Waals surface area (Å²) in [6.45, 7) is 3.00. The summed E-state index contributed by atoms with van der Waals surface area (Å²) in [5.41, 5.74) is 0. The lowest BCUT2D eigenvalue weighted by Crippen LogP contribution is -2.25. The first-order valence-corrected chi connectivity index (χ1v) is 3.85. The number of rotatable bonds is 4. The fraction of sp³-hybridized carbons (Fsp3) is 0.875. The minimum atomic E-state index is 0. The third kappa shape index (κ3) is 7.73. The summed E-state index contributed by atoms with van der Waals surface area (Å²) >= 11 is 0. The minimum Gasteiger partial charge on any atom is -0.307 e. The van der Waals surface area contributed by atoms with Crippen LogP contribution >= 0.6 is 12.4 Å². The second-order valence-corrected chi connectivity index (χ2v) is 2.81. The molecule has 0 rings (SSSR count). The lowest BCUT2D eigenvalue weighted by atomic mass is 10.2. The van der Waals surface area contributed by atoms with E-state index in [1.54, 1.807) is 7.05 Å². The molecule has 0 N–H and O–H groups in total. The maximum atomic E-state index is 3.97. The SMILES string of the molecule is CN=C=NCCC(C)N(C)C.Cl. The highest BCUT2D eigenvalue weighted by Gasteiger charge is 2.01. The molecule has 12 heavy (non-hydrogen) atoms. The van der Waals surface area contributed by atoms with E-state index in [9.17, 15) is 0 Å². The summed E-state index contributed by atoms with van der Waals surface area (Å²) in [6, 6.07) is 3.15. The van der Waals surface area contributed by atoms with Gasteiger partial charge in [0.2, 0.25) is 0 Å². The van der Waals surface area contributed by atoms with Crippen LogP contribution in [0.2, 0.25) is 0 Å². The smallest absolute Gasteiger partial charge is 0.0889 e. The summed E-state index contributed by atoms with van der Waals surface area (Å²) in [4.78, 5) is 9.80. The average molecular weight is 192 g/mol. The Bertz CT molecular complexity index is 150. The topological polar surface area (TPSA) is 28.0 Å². The molecule has 3 nitrogen and oxygen atoms in total. The third-order valence-corrected chi connectivity index (χ3v) is 1.71. The van der Waals surface area contributed by atoms with Gasteiger partial charge in [-0.2, -0.15) is 0 Å². The van der Waals surface area contributed by atoms with Crippen molar-refractivity contribution in [3.8, 4) is 0 Å². The van der Waals surface area contributed by atoms with Crippen LogP contribution in [0, 0.1) is 0 Å². The molecule has 4 heteroatoms. The van der Waals surface area contributed by atoms with Crippen LogP contribution in [0.4, 0.5) is 0 Å². The maximum absolute atomic E-state index is 3.97. The highest BCUT2D eigenvalue weighted by Crippen LogP contribution is 1.96. The molecule has 0 saturated carbocycles. The van der Waals surface area contributed by atoms with Crippen LogP contribution in [-0.4, -0.2) is 44.6 Å². The molecular weight excluding hydrogens is 174 g/mol. The molecule has 72 valence electrons. The van der Waals surface area contributed by atoms with Gasteiger partial charge in [-0.1, -0.05) is 0 Å². The van der Waals surface area contributed by atoms with Crippen LogP contribution in [0.25, 0.3) is 0 Å². The molecular formula is C8H18ClN3. The van der Waals surface area contributed by atoms with Crippen molar-refractivity contribution in [2.24, 2.45) is 9.98 Å². The number of hydrogen-bond donors (Lipinski definition) is 0. The highest BCUT2D eigenvalue weighted by atomic mass is 35.5. The van der Waals surface area contributed by atoms with Gasteiger partial charge in [0.1, 0.15) is 0 Å². The quantitative estimate of drug-likeness (QED) is 0.620. The van der Waals surface area contributed by atoms with Crippen molar-refractivity contribution < 1.29 is 0 Å². The Hall–Kier alpha value is -0.370. The van der Waals surface area contributed by atoms with Crippen LogP contribution in [-0.2, 0) is 0 Å². The van der Waals surface area contributed by atoms with Gasteiger partial charge in [-0.3, -0.25) is 0 Å². The Morgan fingerprint density at radius 1 is 1.42 bits per heavy atom. The standard InChI is InChI=1S/C8H17N3.ClH/c1-8(11(3)4)5-6-10-7-9-2;/h8H,5-6H2,1-4H3;1H. The molecule has 0 radical (unpaired) electrons. The van der Waals surface area contributed by atoms with Crippen LogP contribution < -0.4 is 0 Å². The molecule has 0 fully saturated rings. The first kappa shape index (κ1) is 14.2. The Kier molecular flexibility index (Phi) is 10.3. The molecule has 0 aromatic rings. The zero-order valence-electron chi connectivity index (χ0n) is 8.24. The third-order valence-electron chi connectivity index (χ3n) is 1.71. The predicted molar refractivity (Wildman–Crippen MR) is 55.7 cm³/mol. The van der Waals surface area contributed by atoms with Crippen molar-refractivity contribution in [3.05, 3.63) is 0 Å². The van der Waals surface area contributed by atoms with E-state index in [-0.39, 0.29) is 12.4 Å². The van der Waals surface area contributed by atoms with Gasteiger partial charge in [0.05, 0.1) is 12.6 Å². The monoisotopic (exact) mass is 191 g/mol. The van der Waals surface area contributed by atoms with Crippen molar-refractivity contribution in [3.63, 3.8) is 0 Å². The summed E-state index contributed by atoms with van der Waals surface area (Å²) < 4.78 is 0. The van der Waals surface area contributed by atoms with Crippen molar-refractivity contribution >= 4 is 18.4 Å². The molecule has 0 bridgehead atoms. The van der Waals surface area contributed by atoms with Crippen molar-refractivity contribution in [2.75, 3.05) is 27.7 Å². The largest absolute Gasteiger partial charge is 0.307 e. The lowest BCUT2D eigenvalue weighted by Gasteiger charge is -2.17. The Morgan fingerprint density at radius 3 is 2.42 bits per heavy atom. The molecule has 0 aliphatic heterocycles. The molecule has 0 aromatic carbocycles. The van der Waals surface area contributed by atoms with Gasteiger partial charge < -0.3 is 4.90 Å². The zero-order chi connectivity index (χ0) is 8.69. The second kappa shape index (κ2) is 8.72. The number of aliphatic imine (C=N–C) groups is 2. The Morgan fingerprint density at radius 2 is 2.00 bits per heavy atom. The number of halogens is 1. The summed E-state index contributed by atoms with van der Waals surface area (Å²) in [5, 5.41) is 0. The maximum Gasteiger partial charge on any atom is 0.0889 e. The molecule has 0 amide bonds. The van der Waals surface area contributed by atoms with Crippen molar-refractivity contribution in [2.45, 2.75) is 19.4 Å². The molecule has 0 saturated heterocycles. The summed E-state index contributed by atoms with van der Waals surface area (Å²) in [7, 11) is 5.82. The van der Waals surface area contributed by atoms with E-state index in [4.69, 9.17) is 0 Å². The molecule has 1 unspecified atom stereocenters. The van der Waals surface area contributed by atoms with Gasteiger partial charge in [-0.05, 0) is 27.4 Å². The van der Waals surface area contributed by atoms with Gasteiger partial charge in [0, 0.05) is 13.1 Å². The lowest BCUT2D eigenvalue weighted by molar-refractivity contribution is 0.302. The number of nitrogens with zero attached hydrogens (tertiary/aromatic N) is 3. The zero-order valence-corrected chi connectivity index (χ0v) is 9.06. The van der Waals surface area contributed by atoms with Crippen molar-refractivity contribution in [1.29, 1.82) is 0 Å². The van der Waals surface area contributed by atoms with Crippen LogP contribution in [0.1, 0.15) is 13.3 Å². The molecule has 0 heterocycles. The van der Waals surface area contributed by atoms with Crippen LogP contribution in [0.5, 0.6) is 0 Å². The van der Waals surface area contributed by atoms with Crippen LogP contribution in [0.3, 0.4) is 0 Å². The molecule has 0 aliphatic rings. The summed E-state index contributed by atoms with van der Waals surface area (Å²) in [5.74, 6) is 0.